The third-order valence-electron chi connectivity index (χ3n) is 5.02. The fourth-order valence-corrected chi connectivity index (χ4v) is 3.54. The molecule has 1 aliphatic heterocycles. The lowest BCUT2D eigenvalue weighted by Gasteiger charge is -2.31. The fourth-order valence-electron chi connectivity index (χ4n) is 3.54. The predicted octanol–water partition coefficient (Wildman–Crippen LogP) is 3.35. The van der Waals surface area contributed by atoms with Gasteiger partial charge in [-0.25, -0.2) is 0 Å². The molecule has 1 aliphatic carbocycles. The van der Waals surface area contributed by atoms with Crippen molar-refractivity contribution in [3.63, 3.8) is 0 Å². The maximum atomic E-state index is 5.56. The van der Waals surface area contributed by atoms with Crippen molar-refractivity contribution in [1.82, 2.24) is 15.5 Å². The number of hydrogen-bond acceptors (Lipinski definition) is 4. The van der Waals surface area contributed by atoms with E-state index in [0.717, 1.165) is 30.6 Å². The predicted molar refractivity (Wildman–Crippen MR) is 73.9 cm³/mol. The van der Waals surface area contributed by atoms with E-state index in [1.54, 1.807) is 0 Å². The zero-order valence-corrected chi connectivity index (χ0v) is 12.1. The van der Waals surface area contributed by atoms with E-state index in [1.807, 2.05) is 0 Å². The normalized spacial score (nSPS) is 35.7. The Morgan fingerprint density at radius 3 is 2.95 bits per heavy atom. The van der Waals surface area contributed by atoms with Gasteiger partial charge in [0.2, 0.25) is 5.89 Å². The van der Waals surface area contributed by atoms with Crippen LogP contribution in [0, 0.1) is 5.92 Å². The largest absolute Gasteiger partial charge is 0.337 e. The van der Waals surface area contributed by atoms with E-state index in [2.05, 4.69) is 24.3 Å². The van der Waals surface area contributed by atoms with E-state index < -0.39 is 0 Å². The number of aromatic nitrogens is 2. The molecule has 3 atom stereocenters. The van der Waals surface area contributed by atoms with Gasteiger partial charge < -0.3 is 9.84 Å². The van der Waals surface area contributed by atoms with Crippen LogP contribution in [-0.4, -0.2) is 16.7 Å². The molecule has 1 N–H and O–H groups in total. The molecule has 4 nitrogen and oxygen atoms in total. The van der Waals surface area contributed by atoms with Crippen molar-refractivity contribution in [2.24, 2.45) is 5.92 Å². The summed E-state index contributed by atoms with van der Waals surface area (Å²) >= 11 is 0. The summed E-state index contributed by atoms with van der Waals surface area (Å²) in [7, 11) is 0. The van der Waals surface area contributed by atoms with E-state index >= 15 is 0 Å². The van der Waals surface area contributed by atoms with Gasteiger partial charge in [0.05, 0.1) is 5.54 Å². The van der Waals surface area contributed by atoms with Gasteiger partial charge in [-0.05, 0) is 57.9 Å². The van der Waals surface area contributed by atoms with Crippen LogP contribution < -0.4 is 5.32 Å². The minimum Gasteiger partial charge on any atom is -0.337 e. The van der Waals surface area contributed by atoms with Crippen LogP contribution in [0.25, 0.3) is 0 Å². The standard InChI is InChI=1S/C15H25N3O/c1-3-11-6-7-12(10-11)13-17-14(19-18-13)15(2)8-4-5-9-16-15/h11-12,16H,3-10H2,1-2H3. The Hall–Kier alpha value is -0.900. The molecule has 4 heteroatoms. The fraction of sp³-hybridized carbons (Fsp3) is 0.867. The summed E-state index contributed by atoms with van der Waals surface area (Å²) in [6, 6.07) is 0. The first-order chi connectivity index (χ1) is 9.21. The van der Waals surface area contributed by atoms with Crippen LogP contribution in [0.4, 0.5) is 0 Å². The molecule has 0 radical (unpaired) electrons. The Bertz CT molecular complexity index is 423. The molecule has 106 valence electrons. The number of hydrogen-bond donors (Lipinski definition) is 1. The molecule has 3 unspecified atom stereocenters. The first kappa shape index (κ1) is 13.1. The Kier molecular flexibility index (Phi) is 3.61. The van der Waals surface area contributed by atoms with Crippen LogP contribution in [0.1, 0.15) is 76.4 Å². The molecule has 0 aromatic carbocycles. The van der Waals surface area contributed by atoms with Crippen LogP contribution in [0.5, 0.6) is 0 Å². The lowest BCUT2D eigenvalue weighted by Crippen LogP contribution is -2.43. The topological polar surface area (TPSA) is 51.0 Å². The molecule has 2 aliphatic rings. The summed E-state index contributed by atoms with van der Waals surface area (Å²) in [4.78, 5) is 4.72. The third-order valence-corrected chi connectivity index (χ3v) is 5.02. The summed E-state index contributed by atoms with van der Waals surface area (Å²) in [6.07, 6.45) is 8.64. The van der Waals surface area contributed by atoms with Gasteiger partial charge in [0.1, 0.15) is 0 Å². The minimum absolute atomic E-state index is 0.105. The zero-order chi connectivity index (χ0) is 13.3. The second kappa shape index (κ2) is 5.23. The highest BCUT2D eigenvalue weighted by Crippen LogP contribution is 2.39. The number of nitrogens with zero attached hydrogens (tertiary/aromatic N) is 2. The molecular formula is C15H25N3O. The van der Waals surface area contributed by atoms with Gasteiger partial charge in [-0.2, -0.15) is 4.98 Å². The van der Waals surface area contributed by atoms with Gasteiger partial charge in [0, 0.05) is 5.92 Å². The maximum Gasteiger partial charge on any atom is 0.246 e. The van der Waals surface area contributed by atoms with Crippen molar-refractivity contribution in [3.8, 4) is 0 Å². The number of piperidine rings is 1. The van der Waals surface area contributed by atoms with Crippen molar-refractivity contribution < 1.29 is 4.52 Å². The summed E-state index contributed by atoms with van der Waals surface area (Å²) in [5, 5.41) is 7.80. The van der Waals surface area contributed by atoms with Crippen LogP contribution in [-0.2, 0) is 5.54 Å². The third kappa shape index (κ3) is 2.55. The Morgan fingerprint density at radius 1 is 1.37 bits per heavy atom. The second-order valence-electron chi connectivity index (χ2n) is 6.46. The molecule has 2 fully saturated rings. The highest BCUT2D eigenvalue weighted by atomic mass is 16.5. The molecule has 1 saturated heterocycles. The van der Waals surface area contributed by atoms with Gasteiger partial charge in [-0.3, -0.25) is 0 Å². The van der Waals surface area contributed by atoms with Gasteiger partial charge in [0.25, 0.3) is 0 Å². The lowest BCUT2D eigenvalue weighted by molar-refractivity contribution is 0.206. The van der Waals surface area contributed by atoms with Crippen LogP contribution in [0.2, 0.25) is 0 Å². The van der Waals surface area contributed by atoms with E-state index in [-0.39, 0.29) is 5.54 Å². The van der Waals surface area contributed by atoms with E-state index in [0.29, 0.717) is 5.92 Å². The highest BCUT2D eigenvalue weighted by molar-refractivity contribution is 5.06. The summed E-state index contributed by atoms with van der Waals surface area (Å²) in [6.45, 7) is 5.52. The molecule has 3 rings (SSSR count). The van der Waals surface area contributed by atoms with Gasteiger partial charge in [0.15, 0.2) is 5.82 Å². The van der Waals surface area contributed by atoms with Crippen molar-refractivity contribution in [3.05, 3.63) is 11.7 Å². The van der Waals surface area contributed by atoms with Crippen molar-refractivity contribution in [2.45, 2.75) is 70.3 Å². The Morgan fingerprint density at radius 2 is 2.26 bits per heavy atom. The molecule has 0 amide bonds. The lowest BCUT2D eigenvalue weighted by atomic mass is 9.91. The highest BCUT2D eigenvalue weighted by Gasteiger charge is 2.36. The van der Waals surface area contributed by atoms with Crippen LogP contribution >= 0.6 is 0 Å². The van der Waals surface area contributed by atoms with Crippen molar-refractivity contribution >= 4 is 0 Å². The average molecular weight is 263 g/mol. The summed E-state index contributed by atoms with van der Waals surface area (Å²) in [5.74, 6) is 3.12. The molecular weight excluding hydrogens is 238 g/mol. The molecule has 0 bridgehead atoms. The van der Waals surface area contributed by atoms with E-state index in [1.165, 1.54) is 38.5 Å². The molecule has 1 aromatic heterocycles. The molecule has 0 spiro atoms. The number of nitrogens with one attached hydrogen (secondary N) is 1. The molecule has 19 heavy (non-hydrogen) atoms. The van der Waals surface area contributed by atoms with Gasteiger partial charge in [-0.1, -0.05) is 18.5 Å². The van der Waals surface area contributed by atoms with Crippen molar-refractivity contribution in [1.29, 1.82) is 0 Å². The molecule has 1 aromatic rings. The first-order valence-corrected chi connectivity index (χ1v) is 7.80. The average Bonchev–Trinajstić information content (AvgIpc) is 3.08. The van der Waals surface area contributed by atoms with Crippen molar-refractivity contribution in [2.75, 3.05) is 6.54 Å². The quantitative estimate of drug-likeness (QED) is 0.908. The Balaban J connectivity index is 1.72. The summed E-state index contributed by atoms with van der Waals surface area (Å²) < 4.78 is 5.56. The van der Waals surface area contributed by atoms with Gasteiger partial charge in [-0.15, -0.1) is 0 Å². The summed E-state index contributed by atoms with van der Waals surface area (Å²) in [5.41, 5.74) is -0.105. The second-order valence-corrected chi connectivity index (χ2v) is 6.46. The first-order valence-electron chi connectivity index (χ1n) is 7.80. The SMILES string of the molecule is CCC1CCC(c2noc(C3(C)CCCCN3)n2)C1. The van der Waals surface area contributed by atoms with E-state index in [4.69, 9.17) is 9.51 Å². The van der Waals surface area contributed by atoms with Crippen LogP contribution in [0.15, 0.2) is 4.52 Å². The monoisotopic (exact) mass is 263 g/mol. The maximum absolute atomic E-state index is 5.56. The molecule has 1 saturated carbocycles. The number of rotatable bonds is 3. The van der Waals surface area contributed by atoms with E-state index in [9.17, 15) is 0 Å². The molecule has 2 heterocycles. The minimum atomic E-state index is -0.105. The zero-order valence-electron chi connectivity index (χ0n) is 12.1. The smallest absolute Gasteiger partial charge is 0.246 e. The van der Waals surface area contributed by atoms with Gasteiger partial charge >= 0.3 is 0 Å². The Labute approximate surface area is 115 Å². The van der Waals surface area contributed by atoms with Crippen LogP contribution in [0.3, 0.4) is 0 Å².